The van der Waals surface area contributed by atoms with Gasteiger partial charge in [0.25, 0.3) is 0 Å². The van der Waals surface area contributed by atoms with Crippen LogP contribution in [0.4, 0.5) is 0 Å². The first kappa shape index (κ1) is 16.4. The number of carboxylic acid groups (broad SMARTS) is 1. The molecule has 0 aliphatic rings. The van der Waals surface area contributed by atoms with Gasteiger partial charge in [0.15, 0.2) is 9.84 Å². The van der Waals surface area contributed by atoms with Gasteiger partial charge >= 0.3 is 5.97 Å². The molecule has 6 nitrogen and oxygen atoms in total. The normalized spacial score (nSPS) is 12.3. The van der Waals surface area contributed by atoms with Crippen molar-refractivity contribution in [2.75, 3.05) is 26.9 Å². The third-order valence-corrected chi connectivity index (χ3v) is 3.86. The van der Waals surface area contributed by atoms with Gasteiger partial charge in [0, 0.05) is 12.5 Å². The fraction of sp³-hybridized carbons (Fsp3) is 0.308. The molecule has 20 heavy (non-hydrogen) atoms. The third-order valence-electron chi connectivity index (χ3n) is 2.33. The van der Waals surface area contributed by atoms with Crippen LogP contribution in [0.25, 0.3) is 0 Å². The second kappa shape index (κ2) is 7.78. The molecule has 1 N–H and O–H groups in total. The number of ether oxygens (including phenoxy) is 2. The zero-order chi connectivity index (χ0) is 15.0. The van der Waals surface area contributed by atoms with Gasteiger partial charge in [-0.1, -0.05) is 18.2 Å². The van der Waals surface area contributed by atoms with Crippen LogP contribution in [-0.2, 0) is 24.1 Å². The first-order valence-electron chi connectivity index (χ1n) is 5.78. The first-order chi connectivity index (χ1) is 9.47. The number of methoxy groups -OCH3 is 1. The van der Waals surface area contributed by atoms with E-state index < -0.39 is 15.8 Å². The molecule has 0 fully saturated rings. The zero-order valence-electron chi connectivity index (χ0n) is 11.0. The molecule has 0 aliphatic heterocycles. The molecule has 0 heterocycles. The highest BCUT2D eigenvalue weighted by Gasteiger charge is 2.16. The van der Waals surface area contributed by atoms with Crippen LogP contribution < -0.4 is 0 Å². The first-order valence-corrected chi connectivity index (χ1v) is 7.32. The average molecular weight is 300 g/mol. The predicted molar refractivity (Wildman–Crippen MR) is 72.0 cm³/mol. The number of rotatable bonds is 8. The van der Waals surface area contributed by atoms with Gasteiger partial charge < -0.3 is 14.6 Å². The van der Waals surface area contributed by atoms with Gasteiger partial charge in [-0.25, -0.2) is 13.2 Å². The Kier molecular flexibility index (Phi) is 6.37. The molecule has 0 saturated heterocycles. The Morgan fingerprint density at radius 1 is 1.25 bits per heavy atom. The minimum absolute atomic E-state index is 0.0376. The summed E-state index contributed by atoms with van der Waals surface area (Å²) in [5, 5.41) is 9.72. The summed E-state index contributed by atoms with van der Waals surface area (Å²) >= 11 is 0. The van der Waals surface area contributed by atoms with E-state index in [0.29, 0.717) is 6.61 Å². The second-order valence-corrected chi connectivity index (χ2v) is 5.65. The van der Waals surface area contributed by atoms with Gasteiger partial charge in [-0.05, 0) is 12.1 Å². The second-order valence-electron chi connectivity index (χ2n) is 3.85. The van der Waals surface area contributed by atoms with E-state index in [4.69, 9.17) is 14.6 Å². The van der Waals surface area contributed by atoms with E-state index in [2.05, 4.69) is 0 Å². The maximum Gasteiger partial charge on any atom is 0.334 e. The minimum atomic E-state index is -3.80. The van der Waals surface area contributed by atoms with E-state index >= 15 is 0 Å². The van der Waals surface area contributed by atoms with Crippen molar-refractivity contribution in [1.82, 2.24) is 0 Å². The minimum Gasteiger partial charge on any atom is -0.478 e. The van der Waals surface area contributed by atoms with Crippen molar-refractivity contribution in [3.8, 4) is 0 Å². The van der Waals surface area contributed by atoms with E-state index in [1.165, 1.54) is 19.2 Å². The number of hydrogen-bond acceptors (Lipinski definition) is 5. The van der Waals surface area contributed by atoms with Crippen LogP contribution >= 0.6 is 0 Å². The molecule has 0 bridgehead atoms. The molecule has 0 aromatic heterocycles. The molecule has 0 unspecified atom stereocenters. The lowest BCUT2D eigenvalue weighted by atomic mass is 10.3. The van der Waals surface area contributed by atoms with Crippen molar-refractivity contribution in [3.63, 3.8) is 0 Å². The average Bonchev–Trinajstić information content (AvgIpc) is 2.43. The van der Waals surface area contributed by atoms with Gasteiger partial charge in [-0.15, -0.1) is 0 Å². The lowest BCUT2D eigenvalue weighted by Gasteiger charge is -2.05. The Morgan fingerprint density at radius 3 is 2.45 bits per heavy atom. The van der Waals surface area contributed by atoms with Crippen molar-refractivity contribution in [3.05, 3.63) is 41.3 Å². The fourth-order valence-electron chi connectivity index (χ4n) is 1.34. The van der Waals surface area contributed by atoms with Crippen molar-refractivity contribution < 1.29 is 27.8 Å². The monoisotopic (exact) mass is 300 g/mol. The summed E-state index contributed by atoms with van der Waals surface area (Å²) in [4.78, 5) is 11.1. The SMILES string of the molecule is COCCOC/C(=C/S(=O)(=O)c1ccccc1)C(=O)O. The summed E-state index contributed by atoms with van der Waals surface area (Å²) in [5.74, 6) is -1.33. The highest BCUT2D eigenvalue weighted by molar-refractivity contribution is 7.94. The Hall–Kier alpha value is -1.70. The van der Waals surface area contributed by atoms with Crippen LogP contribution in [0.3, 0.4) is 0 Å². The summed E-state index contributed by atoms with van der Waals surface area (Å²) in [6.07, 6.45) is 0. The van der Waals surface area contributed by atoms with Crippen LogP contribution in [0, 0.1) is 0 Å². The van der Waals surface area contributed by atoms with Crippen LogP contribution in [0.15, 0.2) is 46.2 Å². The van der Waals surface area contributed by atoms with Gasteiger partial charge in [-0.3, -0.25) is 0 Å². The molecule has 0 atom stereocenters. The number of sulfone groups is 1. The van der Waals surface area contributed by atoms with Gasteiger partial charge in [-0.2, -0.15) is 0 Å². The Bertz CT molecular complexity index is 562. The molecular weight excluding hydrogens is 284 g/mol. The van der Waals surface area contributed by atoms with Crippen LogP contribution in [0.1, 0.15) is 0 Å². The Labute approximate surface area is 117 Å². The number of aliphatic carboxylic acids is 1. The fourth-order valence-corrected chi connectivity index (χ4v) is 2.55. The van der Waals surface area contributed by atoms with E-state index in [-0.39, 0.29) is 23.7 Å². The van der Waals surface area contributed by atoms with Gasteiger partial charge in [0.1, 0.15) is 0 Å². The Morgan fingerprint density at radius 2 is 1.90 bits per heavy atom. The molecule has 0 radical (unpaired) electrons. The largest absolute Gasteiger partial charge is 0.478 e. The molecule has 1 aromatic rings. The third kappa shape index (κ3) is 5.12. The number of hydrogen-bond donors (Lipinski definition) is 1. The van der Waals surface area contributed by atoms with Crippen LogP contribution in [-0.4, -0.2) is 46.4 Å². The predicted octanol–water partition coefficient (Wildman–Crippen LogP) is 1.09. The summed E-state index contributed by atoms with van der Waals surface area (Å²) < 4.78 is 33.8. The molecular formula is C13H16O6S. The number of carboxylic acids is 1. The summed E-state index contributed by atoms with van der Waals surface area (Å²) in [5.41, 5.74) is -0.329. The van der Waals surface area contributed by atoms with Crippen molar-refractivity contribution in [2.45, 2.75) is 4.90 Å². The smallest absolute Gasteiger partial charge is 0.334 e. The van der Waals surface area contributed by atoms with E-state index in [1.807, 2.05) is 0 Å². The van der Waals surface area contributed by atoms with Crippen molar-refractivity contribution in [2.24, 2.45) is 0 Å². The lowest BCUT2D eigenvalue weighted by Crippen LogP contribution is -2.13. The standard InChI is InChI=1S/C13H16O6S/c1-18-7-8-19-9-11(13(14)15)10-20(16,17)12-5-3-2-4-6-12/h2-6,10H,7-9H2,1H3,(H,14,15)/b11-10-. The van der Waals surface area contributed by atoms with Crippen molar-refractivity contribution >= 4 is 15.8 Å². The molecule has 7 heteroatoms. The molecule has 0 spiro atoms. The quantitative estimate of drug-likeness (QED) is 0.571. The van der Waals surface area contributed by atoms with Gasteiger partial charge in [0.05, 0.1) is 30.3 Å². The maximum atomic E-state index is 12.0. The number of carbonyl (C=O) groups is 1. The Balaban J connectivity index is 2.88. The van der Waals surface area contributed by atoms with Crippen LogP contribution in [0.2, 0.25) is 0 Å². The summed E-state index contributed by atoms with van der Waals surface area (Å²) in [6.45, 7) is 0.190. The van der Waals surface area contributed by atoms with Crippen LogP contribution in [0.5, 0.6) is 0 Å². The van der Waals surface area contributed by atoms with E-state index in [1.54, 1.807) is 18.2 Å². The van der Waals surface area contributed by atoms with E-state index in [0.717, 1.165) is 5.41 Å². The lowest BCUT2D eigenvalue weighted by molar-refractivity contribution is -0.133. The van der Waals surface area contributed by atoms with Gasteiger partial charge in [0.2, 0.25) is 0 Å². The highest BCUT2D eigenvalue weighted by Crippen LogP contribution is 2.13. The summed E-state index contributed by atoms with van der Waals surface area (Å²) in [7, 11) is -2.32. The molecule has 1 rings (SSSR count). The molecule has 0 amide bonds. The number of benzene rings is 1. The zero-order valence-corrected chi connectivity index (χ0v) is 11.8. The van der Waals surface area contributed by atoms with Crippen molar-refractivity contribution in [1.29, 1.82) is 0 Å². The maximum absolute atomic E-state index is 12.0. The molecule has 1 aromatic carbocycles. The molecule has 0 saturated carbocycles. The topological polar surface area (TPSA) is 89.9 Å². The summed E-state index contributed by atoms with van der Waals surface area (Å²) in [6, 6.07) is 7.61. The molecule has 0 aliphatic carbocycles. The molecule has 110 valence electrons. The highest BCUT2D eigenvalue weighted by atomic mass is 32.2. The van der Waals surface area contributed by atoms with E-state index in [9.17, 15) is 13.2 Å².